The molecule has 0 rings (SSSR count). The summed E-state index contributed by atoms with van der Waals surface area (Å²) in [5, 5.41) is 17.3. The van der Waals surface area contributed by atoms with Crippen LogP contribution < -0.4 is 0 Å². The number of rotatable bonds is 7. The zero-order valence-electron chi connectivity index (χ0n) is 10.0. The van der Waals surface area contributed by atoms with E-state index in [2.05, 4.69) is 42.4 Å². The second-order valence-electron chi connectivity index (χ2n) is 4.70. The Morgan fingerprint density at radius 2 is 2.00 bits per heavy atom. The van der Waals surface area contributed by atoms with Crippen LogP contribution in [0.25, 0.3) is 0 Å². The fourth-order valence-corrected chi connectivity index (χ4v) is 2.01. The first-order valence-electron chi connectivity index (χ1n) is 5.37. The van der Waals surface area contributed by atoms with E-state index in [1.165, 1.54) is 0 Å². The average molecular weight is 226 g/mol. The van der Waals surface area contributed by atoms with E-state index < -0.39 is 8.07 Å². The minimum atomic E-state index is -1.11. The molecule has 0 atom stereocenters. The third-order valence-electron chi connectivity index (χ3n) is 1.94. The highest BCUT2D eigenvalue weighted by atomic mass is 28.3. The zero-order valence-corrected chi connectivity index (χ0v) is 11.0. The largest absolute Gasteiger partial charge is 0.395 e. The minimum Gasteiger partial charge on any atom is -0.395 e. The van der Waals surface area contributed by atoms with Crippen LogP contribution in [0.3, 0.4) is 0 Å². The van der Waals surface area contributed by atoms with Crippen molar-refractivity contribution in [3.8, 4) is 6.07 Å². The van der Waals surface area contributed by atoms with Crippen LogP contribution in [0.2, 0.25) is 19.6 Å². The Bertz CT molecular complexity index is 228. The number of aliphatic hydroxyl groups excluding tert-OH is 1. The van der Waals surface area contributed by atoms with Crippen molar-refractivity contribution in [3.05, 3.63) is 11.8 Å². The summed E-state index contributed by atoms with van der Waals surface area (Å²) in [6, 6.07) is 2.12. The van der Waals surface area contributed by atoms with Gasteiger partial charge in [-0.3, -0.25) is 4.90 Å². The lowest BCUT2D eigenvalue weighted by Gasteiger charge is -2.18. The molecule has 4 heteroatoms. The number of nitrogens with zero attached hydrogens (tertiary/aromatic N) is 2. The second-order valence-corrected chi connectivity index (χ2v) is 9.77. The highest BCUT2D eigenvalue weighted by molar-refractivity contribution is 6.80. The summed E-state index contributed by atoms with van der Waals surface area (Å²) >= 11 is 0. The molecule has 3 nitrogen and oxygen atoms in total. The Kier molecular flexibility index (Phi) is 7.31. The number of hydrogen-bond donors (Lipinski definition) is 1. The summed E-state index contributed by atoms with van der Waals surface area (Å²) in [4.78, 5) is 2.10. The number of hydrogen-bond acceptors (Lipinski definition) is 3. The van der Waals surface area contributed by atoms with Gasteiger partial charge in [-0.25, -0.2) is 0 Å². The van der Waals surface area contributed by atoms with Crippen molar-refractivity contribution in [3.63, 3.8) is 0 Å². The summed E-state index contributed by atoms with van der Waals surface area (Å²) < 4.78 is 0. The van der Waals surface area contributed by atoms with Gasteiger partial charge in [-0.2, -0.15) is 5.26 Å². The van der Waals surface area contributed by atoms with Gasteiger partial charge in [0.2, 0.25) is 0 Å². The van der Waals surface area contributed by atoms with Crippen LogP contribution >= 0.6 is 0 Å². The molecule has 1 N–H and O–H groups in total. The molecule has 0 aliphatic carbocycles. The summed E-state index contributed by atoms with van der Waals surface area (Å²) in [6.07, 6.45) is 2.69. The van der Waals surface area contributed by atoms with E-state index in [0.29, 0.717) is 13.0 Å². The van der Waals surface area contributed by atoms with E-state index in [1.54, 1.807) is 0 Å². The van der Waals surface area contributed by atoms with Crippen molar-refractivity contribution in [2.75, 3.05) is 26.2 Å². The minimum absolute atomic E-state index is 0.159. The summed E-state index contributed by atoms with van der Waals surface area (Å²) in [5.41, 5.74) is 2.30. The third kappa shape index (κ3) is 9.67. The summed E-state index contributed by atoms with van der Waals surface area (Å²) in [5.74, 6) is 0. The van der Waals surface area contributed by atoms with E-state index in [9.17, 15) is 0 Å². The van der Waals surface area contributed by atoms with E-state index in [4.69, 9.17) is 10.4 Å². The number of nitriles is 1. The molecule has 0 heterocycles. The first-order chi connectivity index (χ1) is 6.99. The third-order valence-corrected chi connectivity index (χ3v) is 3.17. The van der Waals surface area contributed by atoms with Gasteiger partial charge in [0.1, 0.15) is 0 Å². The molecule has 0 amide bonds. The van der Waals surface area contributed by atoms with Gasteiger partial charge in [-0.1, -0.05) is 31.4 Å². The molecular weight excluding hydrogens is 204 g/mol. The first kappa shape index (κ1) is 14.4. The molecule has 0 aliphatic heterocycles. The Morgan fingerprint density at radius 1 is 1.33 bits per heavy atom. The SMILES string of the molecule is C[Si](C)(C)/C=C/CN(CCO)CCC#N. The predicted molar refractivity (Wildman–Crippen MR) is 66.2 cm³/mol. The van der Waals surface area contributed by atoms with Crippen LogP contribution in [0.4, 0.5) is 0 Å². The van der Waals surface area contributed by atoms with E-state index in [-0.39, 0.29) is 6.61 Å². The van der Waals surface area contributed by atoms with Gasteiger partial charge < -0.3 is 5.11 Å². The lowest BCUT2D eigenvalue weighted by molar-refractivity contribution is 0.211. The Labute approximate surface area is 94.0 Å². The van der Waals surface area contributed by atoms with Crippen LogP contribution in [0.5, 0.6) is 0 Å². The van der Waals surface area contributed by atoms with Gasteiger partial charge >= 0.3 is 0 Å². The van der Waals surface area contributed by atoms with E-state index >= 15 is 0 Å². The molecule has 0 saturated heterocycles. The van der Waals surface area contributed by atoms with E-state index in [0.717, 1.165) is 13.1 Å². The fraction of sp³-hybridized carbons (Fsp3) is 0.727. The Morgan fingerprint density at radius 3 is 2.47 bits per heavy atom. The molecule has 0 aromatic heterocycles. The zero-order chi connectivity index (χ0) is 11.7. The molecule has 0 saturated carbocycles. The van der Waals surface area contributed by atoms with Crippen LogP contribution in [0.15, 0.2) is 11.8 Å². The maximum atomic E-state index is 8.86. The molecule has 0 spiro atoms. The van der Waals surface area contributed by atoms with Crippen LogP contribution in [-0.4, -0.2) is 44.3 Å². The van der Waals surface area contributed by atoms with Crippen LogP contribution in [0.1, 0.15) is 6.42 Å². The standard InChI is InChI=1S/C11H22N2OSi/c1-15(2,3)11-5-8-13(9-10-14)7-4-6-12/h5,11,14H,4,7-10H2,1-3H3/b11-5+. The van der Waals surface area contributed by atoms with Crippen LogP contribution in [0, 0.1) is 11.3 Å². The van der Waals surface area contributed by atoms with Gasteiger partial charge in [0, 0.05) is 26.1 Å². The molecule has 0 aromatic carbocycles. The normalized spacial score (nSPS) is 12.3. The van der Waals surface area contributed by atoms with Crippen molar-refractivity contribution in [2.45, 2.75) is 26.1 Å². The fourth-order valence-electron chi connectivity index (χ4n) is 1.20. The first-order valence-corrected chi connectivity index (χ1v) is 8.95. The molecule has 15 heavy (non-hydrogen) atoms. The van der Waals surface area contributed by atoms with E-state index in [1.807, 2.05) is 0 Å². The average Bonchev–Trinajstić information content (AvgIpc) is 2.12. The monoisotopic (exact) mass is 226 g/mol. The van der Waals surface area contributed by atoms with Crippen molar-refractivity contribution >= 4 is 8.07 Å². The molecule has 86 valence electrons. The van der Waals surface area contributed by atoms with Crippen molar-refractivity contribution < 1.29 is 5.11 Å². The van der Waals surface area contributed by atoms with Gasteiger partial charge in [-0.05, 0) is 0 Å². The van der Waals surface area contributed by atoms with Gasteiger partial charge in [0.25, 0.3) is 0 Å². The molecule has 0 bridgehead atoms. The Balaban J connectivity index is 3.95. The number of aliphatic hydroxyl groups is 1. The molecule has 0 fully saturated rings. The van der Waals surface area contributed by atoms with Crippen molar-refractivity contribution in [1.82, 2.24) is 4.90 Å². The molecule has 0 unspecified atom stereocenters. The maximum absolute atomic E-state index is 8.86. The topological polar surface area (TPSA) is 47.3 Å². The Hall–Kier alpha value is -0.633. The molecule has 0 aliphatic rings. The smallest absolute Gasteiger partial charge is 0.0683 e. The molecule has 0 radical (unpaired) electrons. The van der Waals surface area contributed by atoms with Crippen molar-refractivity contribution in [1.29, 1.82) is 5.26 Å². The maximum Gasteiger partial charge on any atom is 0.0683 e. The lowest BCUT2D eigenvalue weighted by Crippen LogP contribution is -2.28. The van der Waals surface area contributed by atoms with Gasteiger partial charge in [0.15, 0.2) is 0 Å². The predicted octanol–water partition coefficient (Wildman–Crippen LogP) is 1.63. The highest BCUT2D eigenvalue weighted by Crippen LogP contribution is 2.02. The quantitative estimate of drug-likeness (QED) is 0.671. The van der Waals surface area contributed by atoms with Gasteiger partial charge in [-0.15, -0.1) is 0 Å². The second kappa shape index (κ2) is 7.63. The molecular formula is C11H22N2OSi. The van der Waals surface area contributed by atoms with Crippen LogP contribution in [-0.2, 0) is 0 Å². The lowest BCUT2D eigenvalue weighted by atomic mass is 10.4. The summed E-state index contributed by atoms with van der Waals surface area (Å²) in [7, 11) is -1.11. The van der Waals surface area contributed by atoms with Crippen molar-refractivity contribution in [2.24, 2.45) is 0 Å². The van der Waals surface area contributed by atoms with Gasteiger partial charge in [0.05, 0.1) is 20.7 Å². The molecule has 0 aromatic rings. The highest BCUT2D eigenvalue weighted by Gasteiger charge is 2.07. The summed E-state index contributed by atoms with van der Waals surface area (Å²) in [6.45, 7) is 9.25.